The molecule has 2 amide bonds. The highest BCUT2D eigenvalue weighted by atomic mass is 16.5. The number of ether oxygens (including phenoxy) is 1. The summed E-state index contributed by atoms with van der Waals surface area (Å²) in [6, 6.07) is 0. The highest BCUT2D eigenvalue weighted by Crippen LogP contribution is 2.29. The Balaban J connectivity index is 1.75. The molecule has 3 heterocycles. The van der Waals surface area contributed by atoms with E-state index in [1.54, 1.807) is 23.6 Å². The smallest absolute Gasteiger partial charge is 0.305 e. The van der Waals surface area contributed by atoms with E-state index in [1.807, 2.05) is 11.8 Å². The molecule has 0 unspecified atom stereocenters. The minimum atomic E-state index is -0.217. The fraction of sp³-hybridized carbons (Fsp3) is 0.667. The van der Waals surface area contributed by atoms with Gasteiger partial charge in [0.05, 0.1) is 13.2 Å². The van der Waals surface area contributed by atoms with Gasteiger partial charge in [-0.05, 0) is 19.8 Å². The van der Waals surface area contributed by atoms with Crippen LogP contribution in [-0.2, 0) is 20.9 Å². The van der Waals surface area contributed by atoms with Gasteiger partial charge in [-0.15, -0.1) is 0 Å². The number of nitrogens with zero attached hydrogens (tertiary/aromatic N) is 5. The molecule has 0 aromatic carbocycles. The lowest BCUT2D eigenvalue weighted by Crippen LogP contribution is -2.48. The molecule has 3 rings (SSSR count). The summed E-state index contributed by atoms with van der Waals surface area (Å²) in [5.41, 5.74) is 1.25. The maximum Gasteiger partial charge on any atom is 0.305 e. The van der Waals surface area contributed by atoms with Crippen LogP contribution < -0.4 is 10.2 Å². The summed E-state index contributed by atoms with van der Waals surface area (Å²) in [6.45, 7) is 9.92. The zero-order valence-electron chi connectivity index (χ0n) is 18.6. The zero-order chi connectivity index (χ0) is 22.4. The number of rotatable bonds is 9. The van der Waals surface area contributed by atoms with Crippen molar-refractivity contribution in [2.24, 2.45) is 0 Å². The van der Waals surface area contributed by atoms with Crippen LogP contribution in [0.5, 0.6) is 0 Å². The number of amides is 2. The monoisotopic (exact) mass is 432 g/mol. The second-order valence-corrected chi connectivity index (χ2v) is 7.75. The van der Waals surface area contributed by atoms with Crippen molar-refractivity contribution >= 4 is 29.5 Å². The van der Waals surface area contributed by atoms with Crippen molar-refractivity contribution < 1.29 is 19.1 Å². The molecule has 170 valence electrons. The zero-order valence-corrected chi connectivity index (χ0v) is 18.6. The minimum absolute atomic E-state index is 0.0591. The predicted molar refractivity (Wildman–Crippen MR) is 116 cm³/mol. The van der Waals surface area contributed by atoms with Gasteiger partial charge in [0.15, 0.2) is 0 Å². The van der Waals surface area contributed by atoms with Gasteiger partial charge in [-0.1, -0.05) is 6.92 Å². The number of hydrogen-bond donors (Lipinski definition) is 1. The standard InChI is InChI=1S/C21H32N6O4/c1-4-9-27-14-16-18(20(27)30)23-21(26-12-10-25(11-13-26)15(3)28)24-19(16)22-8-6-7-17(29)31-5-2/h4-14H2,1-3H3,(H,22,23,24). The van der Waals surface area contributed by atoms with Crippen molar-refractivity contribution in [1.29, 1.82) is 0 Å². The second-order valence-electron chi connectivity index (χ2n) is 7.75. The molecule has 0 spiro atoms. The van der Waals surface area contributed by atoms with Gasteiger partial charge in [-0.2, -0.15) is 4.98 Å². The van der Waals surface area contributed by atoms with Crippen molar-refractivity contribution in [3.8, 4) is 0 Å². The molecule has 1 N–H and O–H groups in total. The first-order valence-electron chi connectivity index (χ1n) is 11.0. The van der Waals surface area contributed by atoms with Crippen molar-refractivity contribution in [2.45, 2.75) is 46.6 Å². The number of carbonyl (C=O) groups is 3. The molecule has 1 aromatic rings. The lowest BCUT2D eigenvalue weighted by Gasteiger charge is -2.34. The Labute approximate surface area is 182 Å². The lowest BCUT2D eigenvalue weighted by atomic mass is 10.2. The molecule has 2 aliphatic rings. The van der Waals surface area contributed by atoms with E-state index >= 15 is 0 Å². The summed E-state index contributed by atoms with van der Waals surface area (Å²) in [7, 11) is 0. The average molecular weight is 433 g/mol. The Hall–Kier alpha value is -2.91. The molecule has 2 aliphatic heterocycles. The molecule has 0 aliphatic carbocycles. The first-order valence-corrected chi connectivity index (χ1v) is 11.0. The molecule has 1 fully saturated rings. The number of carbonyl (C=O) groups excluding carboxylic acids is 3. The van der Waals surface area contributed by atoms with E-state index in [4.69, 9.17) is 9.72 Å². The number of anilines is 2. The summed E-state index contributed by atoms with van der Waals surface area (Å²) in [5, 5.41) is 3.30. The minimum Gasteiger partial charge on any atom is -0.466 e. The molecule has 10 heteroatoms. The molecular weight excluding hydrogens is 400 g/mol. The Kier molecular flexibility index (Phi) is 7.64. The van der Waals surface area contributed by atoms with Crippen LogP contribution in [0.4, 0.5) is 11.8 Å². The quantitative estimate of drug-likeness (QED) is 0.459. The summed E-state index contributed by atoms with van der Waals surface area (Å²) in [6.07, 6.45) is 1.81. The van der Waals surface area contributed by atoms with Crippen molar-refractivity contribution in [3.63, 3.8) is 0 Å². The Morgan fingerprint density at radius 3 is 2.52 bits per heavy atom. The van der Waals surface area contributed by atoms with Crippen LogP contribution >= 0.6 is 0 Å². The highest BCUT2D eigenvalue weighted by molar-refractivity contribution is 5.98. The van der Waals surface area contributed by atoms with Crippen molar-refractivity contribution in [2.75, 3.05) is 56.1 Å². The maximum absolute atomic E-state index is 12.9. The van der Waals surface area contributed by atoms with Gasteiger partial charge in [0.1, 0.15) is 11.5 Å². The molecule has 10 nitrogen and oxygen atoms in total. The normalized spacial score (nSPS) is 15.8. The first kappa shape index (κ1) is 22.8. The SMILES string of the molecule is CCCN1Cc2c(NCCCC(=O)OCC)nc(N3CCN(C(C)=O)CC3)nc2C1=O. The molecule has 1 aromatic heterocycles. The van der Waals surface area contributed by atoms with Gasteiger partial charge >= 0.3 is 5.97 Å². The van der Waals surface area contributed by atoms with Gasteiger partial charge in [-0.3, -0.25) is 14.4 Å². The van der Waals surface area contributed by atoms with Crippen molar-refractivity contribution in [3.05, 3.63) is 11.3 Å². The van der Waals surface area contributed by atoms with E-state index in [1.165, 1.54) is 0 Å². The molecule has 31 heavy (non-hydrogen) atoms. The van der Waals surface area contributed by atoms with Gasteiger partial charge in [0, 0.05) is 58.2 Å². The Bertz CT molecular complexity index is 822. The van der Waals surface area contributed by atoms with Crippen LogP contribution in [0.1, 0.15) is 56.1 Å². The van der Waals surface area contributed by atoms with E-state index < -0.39 is 0 Å². The summed E-state index contributed by atoms with van der Waals surface area (Å²) in [5.74, 6) is 0.915. The highest BCUT2D eigenvalue weighted by Gasteiger charge is 2.33. The number of esters is 1. The molecular formula is C21H32N6O4. The second kappa shape index (κ2) is 10.4. The Morgan fingerprint density at radius 1 is 1.13 bits per heavy atom. The van der Waals surface area contributed by atoms with E-state index in [-0.39, 0.29) is 17.8 Å². The molecule has 0 bridgehead atoms. The number of piperazine rings is 1. The summed E-state index contributed by atoms with van der Waals surface area (Å²) in [4.78, 5) is 51.0. The third kappa shape index (κ3) is 5.42. The molecule has 0 radical (unpaired) electrons. The Morgan fingerprint density at radius 2 is 1.87 bits per heavy atom. The third-order valence-corrected chi connectivity index (χ3v) is 5.49. The average Bonchev–Trinajstić information content (AvgIpc) is 3.07. The van der Waals surface area contributed by atoms with Crippen LogP contribution in [0, 0.1) is 0 Å². The fourth-order valence-corrected chi connectivity index (χ4v) is 3.84. The number of nitrogens with one attached hydrogen (secondary N) is 1. The van der Waals surface area contributed by atoms with Crippen LogP contribution in [0.25, 0.3) is 0 Å². The van der Waals surface area contributed by atoms with Crippen molar-refractivity contribution in [1.82, 2.24) is 19.8 Å². The third-order valence-electron chi connectivity index (χ3n) is 5.49. The number of hydrogen-bond acceptors (Lipinski definition) is 8. The lowest BCUT2D eigenvalue weighted by molar-refractivity contribution is -0.143. The van der Waals surface area contributed by atoms with E-state index in [2.05, 4.69) is 10.3 Å². The van der Waals surface area contributed by atoms with Crippen LogP contribution in [0.2, 0.25) is 0 Å². The summed E-state index contributed by atoms with van der Waals surface area (Å²) >= 11 is 0. The van der Waals surface area contributed by atoms with Gasteiger partial charge < -0.3 is 24.8 Å². The van der Waals surface area contributed by atoms with E-state index in [0.717, 1.165) is 12.0 Å². The number of fused-ring (bicyclic) bond motifs is 1. The van der Waals surface area contributed by atoms with Gasteiger partial charge in [-0.25, -0.2) is 4.98 Å². The van der Waals surface area contributed by atoms with E-state index in [9.17, 15) is 14.4 Å². The van der Waals surface area contributed by atoms with Crippen LogP contribution in [-0.4, -0.2) is 83.4 Å². The van der Waals surface area contributed by atoms with Crippen LogP contribution in [0.15, 0.2) is 0 Å². The molecule has 0 saturated carbocycles. The molecule has 1 saturated heterocycles. The van der Waals surface area contributed by atoms with Crippen LogP contribution in [0.3, 0.4) is 0 Å². The van der Waals surface area contributed by atoms with Gasteiger partial charge in [0.2, 0.25) is 11.9 Å². The fourth-order valence-electron chi connectivity index (χ4n) is 3.84. The topological polar surface area (TPSA) is 108 Å². The largest absolute Gasteiger partial charge is 0.466 e. The predicted octanol–water partition coefficient (Wildman–Crippen LogP) is 1.27. The maximum atomic E-state index is 12.9. The number of aromatic nitrogens is 2. The molecule has 0 atom stereocenters. The van der Waals surface area contributed by atoms with Gasteiger partial charge in [0.25, 0.3) is 5.91 Å². The summed E-state index contributed by atoms with van der Waals surface area (Å²) < 4.78 is 4.97. The van der Waals surface area contributed by atoms with E-state index in [0.29, 0.717) is 82.7 Å². The first-order chi connectivity index (χ1) is 14.9.